The van der Waals surface area contributed by atoms with Gasteiger partial charge in [0.15, 0.2) is 0 Å². The number of pyridine rings is 1. The molecule has 2 rings (SSSR count). The van der Waals surface area contributed by atoms with Crippen LogP contribution in [-0.4, -0.2) is 22.0 Å². The van der Waals surface area contributed by atoms with Gasteiger partial charge < -0.3 is 10.4 Å². The second kappa shape index (κ2) is 5.84. The molecule has 0 bridgehead atoms. The van der Waals surface area contributed by atoms with Crippen molar-refractivity contribution in [2.24, 2.45) is 0 Å². The molecule has 0 aliphatic heterocycles. The highest BCUT2D eigenvalue weighted by molar-refractivity contribution is 6.05. The molecular formula is C14H9F3N2O3. The van der Waals surface area contributed by atoms with Crippen LogP contribution in [0, 0.1) is 0 Å². The number of aromatic nitrogens is 1. The zero-order chi connectivity index (χ0) is 16.3. The Morgan fingerprint density at radius 2 is 1.77 bits per heavy atom. The number of nitrogens with zero attached hydrogens (tertiary/aromatic N) is 1. The highest BCUT2D eigenvalue weighted by Crippen LogP contribution is 2.33. The number of amides is 1. The molecule has 0 atom stereocenters. The van der Waals surface area contributed by atoms with E-state index in [2.05, 4.69) is 4.98 Å². The number of benzene rings is 1. The first-order valence-electron chi connectivity index (χ1n) is 5.96. The summed E-state index contributed by atoms with van der Waals surface area (Å²) < 4.78 is 38.4. The number of carboxylic acids is 1. The number of hydrogen-bond acceptors (Lipinski definition) is 3. The van der Waals surface area contributed by atoms with Gasteiger partial charge in [0.1, 0.15) is 5.82 Å². The van der Waals surface area contributed by atoms with Crippen LogP contribution < -0.4 is 5.32 Å². The molecule has 0 aliphatic rings. The molecule has 0 unspecified atom stereocenters. The van der Waals surface area contributed by atoms with E-state index in [1.165, 1.54) is 18.2 Å². The summed E-state index contributed by atoms with van der Waals surface area (Å²) in [6.45, 7) is 0. The summed E-state index contributed by atoms with van der Waals surface area (Å²) in [5, 5.41) is 10.9. The number of halogens is 3. The van der Waals surface area contributed by atoms with Gasteiger partial charge in [0.2, 0.25) is 0 Å². The number of rotatable bonds is 3. The fourth-order valence-corrected chi connectivity index (χ4v) is 1.71. The summed E-state index contributed by atoms with van der Waals surface area (Å²) in [7, 11) is 0. The largest absolute Gasteiger partial charge is 0.478 e. The van der Waals surface area contributed by atoms with Crippen molar-refractivity contribution >= 4 is 17.7 Å². The molecule has 1 amide bonds. The Bertz CT molecular complexity index is 729. The van der Waals surface area contributed by atoms with Gasteiger partial charge in [-0.25, -0.2) is 9.78 Å². The summed E-state index contributed by atoms with van der Waals surface area (Å²) in [6, 6.07) is 6.83. The number of carbonyl (C=O) groups excluding carboxylic acids is 1. The molecule has 114 valence electrons. The normalized spacial score (nSPS) is 11.0. The molecule has 22 heavy (non-hydrogen) atoms. The lowest BCUT2D eigenvalue weighted by Crippen LogP contribution is -2.18. The van der Waals surface area contributed by atoms with E-state index in [1.54, 1.807) is 0 Å². The first-order valence-corrected chi connectivity index (χ1v) is 5.96. The Kier molecular flexibility index (Phi) is 4.11. The molecule has 1 heterocycles. The minimum Gasteiger partial charge on any atom is -0.478 e. The van der Waals surface area contributed by atoms with Gasteiger partial charge in [-0.05, 0) is 30.3 Å². The number of nitrogens with one attached hydrogen (secondary N) is 1. The van der Waals surface area contributed by atoms with Crippen molar-refractivity contribution in [1.29, 1.82) is 0 Å². The molecule has 0 saturated heterocycles. The topological polar surface area (TPSA) is 79.3 Å². The van der Waals surface area contributed by atoms with Gasteiger partial charge in [-0.2, -0.15) is 13.2 Å². The van der Waals surface area contributed by atoms with E-state index in [0.717, 1.165) is 24.4 Å². The first kappa shape index (κ1) is 15.5. The van der Waals surface area contributed by atoms with Gasteiger partial charge in [-0.15, -0.1) is 0 Å². The summed E-state index contributed by atoms with van der Waals surface area (Å²) in [5.74, 6) is -2.77. The highest BCUT2D eigenvalue weighted by Gasteiger charge is 2.34. The van der Waals surface area contributed by atoms with Crippen molar-refractivity contribution in [1.82, 2.24) is 4.98 Å². The fraction of sp³-hybridized carbons (Fsp3) is 0.0714. The number of carbonyl (C=O) groups is 2. The maximum Gasteiger partial charge on any atom is 0.419 e. The Balaban J connectivity index is 2.30. The molecule has 2 aromatic rings. The third-order valence-corrected chi connectivity index (χ3v) is 2.72. The molecule has 5 nitrogen and oxygen atoms in total. The van der Waals surface area contributed by atoms with Gasteiger partial charge >= 0.3 is 12.1 Å². The minimum atomic E-state index is -4.67. The molecule has 0 fully saturated rings. The monoisotopic (exact) mass is 310 g/mol. The summed E-state index contributed by atoms with van der Waals surface area (Å²) in [4.78, 5) is 26.3. The smallest absolute Gasteiger partial charge is 0.419 e. The van der Waals surface area contributed by atoms with E-state index in [1.807, 2.05) is 5.32 Å². The van der Waals surface area contributed by atoms with Crippen molar-refractivity contribution in [3.05, 3.63) is 59.3 Å². The van der Waals surface area contributed by atoms with Crippen LogP contribution in [0.25, 0.3) is 0 Å². The SMILES string of the molecule is O=C(O)c1cccc(C(=O)Nc2ncccc2C(F)(F)F)c1. The number of hydrogen-bond donors (Lipinski definition) is 2. The van der Waals surface area contributed by atoms with E-state index in [0.29, 0.717) is 0 Å². The number of anilines is 1. The number of aromatic carboxylic acids is 1. The lowest BCUT2D eigenvalue weighted by Gasteiger charge is -2.12. The van der Waals surface area contributed by atoms with E-state index in [-0.39, 0.29) is 11.1 Å². The molecule has 0 radical (unpaired) electrons. The maximum atomic E-state index is 12.8. The van der Waals surface area contributed by atoms with Crippen LogP contribution in [0.4, 0.5) is 19.0 Å². The van der Waals surface area contributed by atoms with Crippen molar-refractivity contribution in [2.75, 3.05) is 5.32 Å². The van der Waals surface area contributed by atoms with Crippen LogP contribution in [0.3, 0.4) is 0 Å². The second-order valence-corrected chi connectivity index (χ2v) is 4.24. The number of carboxylic acid groups (broad SMARTS) is 1. The molecule has 0 spiro atoms. The Morgan fingerprint density at radius 1 is 1.09 bits per heavy atom. The average Bonchev–Trinajstić information content (AvgIpc) is 2.46. The Labute approximate surface area is 122 Å². The standard InChI is InChI=1S/C14H9F3N2O3/c15-14(16,17)10-5-2-6-18-11(10)19-12(20)8-3-1-4-9(7-8)13(21)22/h1-7H,(H,21,22)(H,18,19,20). The fourth-order valence-electron chi connectivity index (χ4n) is 1.71. The lowest BCUT2D eigenvalue weighted by atomic mass is 10.1. The van der Waals surface area contributed by atoms with Gasteiger partial charge in [-0.3, -0.25) is 4.79 Å². The van der Waals surface area contributed by atoms with Crippen molar-refractivity contribution in [3.8, 4) is 0 Å². The predicted molar refractivity (Wildman–Crippen MR) is 70.6 cm³/mol. The van der Waals surface area contributed by atoms with E-state index in [4.69, 9.17) is 5.11 Å². The quantitative estimate of drug-likeness (QED) is 0.913. The maximum absolute atomic E-state index is 12.8. The molecular weight excluding hydrogens is 301 g/mol. The lowest BCUT2D eigenvalue weighted by molar-refractivity contribution is -0.137. The van der Waals surface area contributed by atoms with Gasteiger partial charge in [-0.1, -0.05) is 6.07 Å². The first-order chi connectivity index (χ1) is 10.3. The van der Waals surface area contributed by atoms with Gasteiger partial charge in [0.05, 0.1) is 11.1 Å². The van der Waals surface area contributed by atoms with E-state index < -0.39 is 29.4 Å². The van der Waals surface area contributed by atoms with Crippen LogP contribution in [0.15, 0.2) is 42.6 Å². The summed E-state index contributed by atoms with van der Waals surface area (Å²) in [6.07, 6.45) is -3.56. The van der Waals surface area contributed by atoms with Crippen LogP contribution >= 0.6 is 0 Å². The van der Waals surface area contributed by atoms with Gasteiger partial charge in [0, 0.05) is 11.8 Å². The van der Waals surface area contributed by atoms with Crippen molar-refractivity contribution in [2.45, 2.75) is 6.18 Å². The predicted octanol–water partition coefficient (Wildman–Crippen LogP) is 3.05. The average molecular weight is 310 g/mol. The van der Waals surface area contributed by atoms with E-state index >= 15 is 0 Å². The molecule has 0 aliphatic carbocycles. The van der Waals surface area contributed by atoms with Crippen molar-refractivity contribution < 1.29 is 27.9 Å². The second-order valence-electron chi connectivity index (χ2n) is 4.24. The minimum absolute atomic E-state index is 0.0846. The van der Waals surface area contributed by atoms with Crippen LogP contribution in [-0.2, 0) is 6.18 Å². The van der Waals surface area contributed by atoms with Crippen LogP contribution in [0.2, 0.25) is 0 Å². The molecule has 0 saturated carbocycles. The molecule has 8 heteroatoms. The number of alkyl halides is 3. The van der Waals surface area contributed by atoms with Crippen LogP contribution in [0.1, 0.15) is 26.3 Å². The summed E-state index contributed by atoms with van der Waals surface area (Å²) in [5.41, 5.74) is -1.32. The third kappa shape index (κ3) is 3.40. The molecule has 2 N–H and O–H groups in total. The van der Waals surface area contributed by atoms with Gasteiger partial charge in [0.25, 0.3) is 5.91 Å². The third-order valence-electron chi connectivity index (χ3n) is 2.72. The summed E-state index contributed by atoms with van der Waals surface area (Å²) >= 11 is 0. The zero-order valence-electron chi connectivity index (χ0n) is 10.9. The van der Waals surface area contributed by atoms with E-state index in [9.17, 15) is 22.8 Å². The Hall–Kier alpha value is -2.90. The molecule has 1 aromatic carbocycles. The Morgan fingerprint density at radius 3 is 2.41 bits per heavy atom. The zero-order valence-corrected chi connectivity index (χ0v) is 10.9. The van der Waals surface area contributed by atoms with Crippen LogP contribution in [0.5, 0.6) is 0 Å². The highest BCUT2D eigenvalue weighted by atomic mass is 19.4. The molecule has 1 aromatic heterocycles. The van der Waals surface area contributed by atoms with Crippen molar-refractivity contribution in [3.63, 3.8) is 0 Å².